The quantitative estimate of drug-likeness (QED) is 0.394. The topological polar surface area (TPSA) is 118 Å². The molecule has 0 spiro atoms. The van der Waals surface area contributed by atoms with Crippen LogP contribution in [-0.2, 0) is 32.6 Å². The molecule has 38 heavy (non-hydrogen) atoms. The van der Waals surface area contributed by atoms with Crippen molar-refractivity contribution in [3.05, 3.63) is 84.2 Å². The van der Waals surface area contributed by atoms with Crippen molar-refractivity contribution in [2.75, 3.05) is 45.7 Å². The molecule has 3 aromatic rings. The molecule has 9 nitrogen and oxygen atoms in total. The lowest BCUT2D eigenvalue weighted by Crippen LogP contribution is -2.38. The minimum absolute atomic E-state index is 0. The van der Waals surface area contributed by atoms with Crippen molar-refractivity contribution >= 4 is 16.0 Å². The van der Waals surface area contributed by atoms with E-state index in [1.54, 1.807) is 0 Å². The van der Waals surface area contributed by atoms with Gasteiger partial charge in [0.25, 0.3) is 10.1 Å². The van der Waals surface area contributed by atoms with Gasteiger partial charge in [0.15, 0.2) is 0 Å². The number of carbonyl (C=O) groups is 1. The number of benzene rings is 2. The van der Waals surface area contributed by atoms with E-state index in [1.165, 1.54) is 0 Å². The molecule has 1 aromatic heterocycles. The number of hydrogen-bond donors (Lipinski definition) is 2. The fourth-order valence-corrected chi connectivity index (χ4v) is 3.58. The maximum Gasteiger partial charge on any atom is 0.261 e. The van der Waals surface area contributed by atoms with Gasteiger partial charge in [0.1, 0.15) is 12.4 Å². The first kappa shape index (κ1) is 30.9. The lowest BCUT2D eigenvalue weighted by Gasteiger charge is -2.26. The number of nitrogens with one attached hydrogen (secondary N) is 1. The highest BCUT2D eigenvalue weighted by molar-refractivity contribution is 7.85. The summed E-state index contributed by atoms with van der Waals surface area (Å²) in [5.74, 6) is 0.828. The maximum atomic E-state index is 12.2. The molecule has 0 bridgehead atoms. The highest BCUT2D eigenvalue weighted by atomic mass is 32.2. The van der Waals surface area contributed by atoms with Crippen LogP contribution >= 0.6 is 0 Å². The second-order valence-electron chi connectivity index (χ2n) is 8.54. The number of carbonyl (C=O) groups excluding carboxylic acids is 1. The molecule has 2 N–H and O–H groups in total. The average Bonchev–Trinajstić information content (AvgIpc) is 2.89. The fraction of sp³-hybridized carbons (Fsp3) is 0.357. The molecule has 1 aliphatic rings. The van der Waals surface area contributed by atoms with Gasteiger partial charge in [0.05, 0.1) is 25.9 Å². The maximum absolute atomic E-state index is 12.2. The first-order chi connectivity index (χ1) is 17.8. The molecule has 0 atom stereocenters. The number of nitrogens with zero attached hydrogens (tertiary/aromatic N) is 2. The van der Waals surface area contributed by atoms with Crippen LogP contribution in [0.1, 0.15) is 18.7 Å². The van der Waals surface area contributed by atoms with Gasteiger partial charge in [-0.1, -0.05) is 56.0 Å². The van der Waals surface area contributed by atoms with Gasteiger partial charge in [-0.2, -0.15) is 8.42 Å². The van der Waals surface area contributed by atoms with Crippen molar-refractivity contribution < 1.29 is 27.2 Å². The molecule has 1 aliphatic heterocycles. The third kappa shape index (κ3) is 12.3. The van der Waals surface area contributed by atoms with Gasteiger partial charge in [-0.25, -0.2) is 0 Å². The number of pyridine rings is 1. The van der Waals surface area contributed by atoms with E-state index >= 15 is 0 Å². The number of ether oxygens (including phenoxy) is 2. The Bertz CT molecular complexity index is 1190. The van der Waals surface area contributed by atoms with Crippen molar-refractivity contribution in [2.45, 2.75) is 20.4 Å². The van der Waals surface area contributed by atoms with E-state index in [1.807, 2.05) is 72.9 Å². The van der Waals surface area contributed by atoms with E-state index in [4.69, 9.17) is 14.0 Å². The van der Waals surface area contributed by atoms with Gasteiger partial charge in [0, 0.05) is 43.6 Å². The largest absolute Gasteiger partial charge is 0.492 e. The predicted octanol–water partition coefficient (Wildman–Crippen LogP) is 3.46. The number of amides is 1. The molecule has 0 saturated carbocycles. The summed E-state index contributed by atoms with van der Waals surface area (Å²) in [6, 6.07) is 21.8. The monoisotopic (exact) mass is 543 g/mol. The van der Waals surface area contributed by atoms with Crippen LogP contribution in [-0.4, -0.2) is 74.5 Å². The Balaban J connectivity index is 0.000000774. The fourth-order valence-electron chi connectivity index (χ4n) is 3.58. The zero-order chi connectivity index (χ0) is 26.5. The van der Waals surface area contributed by atoms with Crippen LogP contribution < -0.4 is 10.1 Å². The minimum Gasteiger partial charge on any atom is -0.492 e. The van der Waals surface area contributed by atoms with Crippen LogP contribution in [0.15, 0.2) is 72.9 Å². The highest BCUT2D eigenvalue weighted by Gasteiger charge is 2.10. The summed E-state index contributed by atoms with van der Waals surface area (Å²) in [5.41, 5.74) is 3.91. The van der Waals surface area contributed by atoms with Gasteiger partial charge in [0.2, 0.25) is 5.91 Å². The molecule has 1 saturated heterocycles. The zero-order valence-corrected chi connectivity index (χ0v) is 21.7. The normalized spacial score (nSPS) is 13.4. The van der Waals surface area contributed by atoms with E-state index in [0.29, 0.717) is 19.4 Å². The molecule has 1 amide bonds. The van der Waals surface area contributed by atoms with Gasteiger partial charge in [-0.3, -0.25) is 19.2 Å². The van der Waals surface area contributed by atoms with Crippen LogP contribution in [0.3, 0.4) is 0 Å². The molecule has 4 rings (SSSR count). The number of rotatable bonds is 9. The molecule has 0 unspecified atom stereocenters. The van der Waals surface area contributed by atoms with Crippen molar-refractivity contribution in [3.63, 3.8) is 0 Å². The third-order valence-corrected chi connectivity index (χ3v) is 5.47. The standard InChI is InChI=1S/C26H29N3O3.CH4O3S.CH4/c30-26(28-19-21-4-2-1-3-5-21)18-24-9-6-23(20-27-24)22-7-10-25(11-8-22)32-17-14-29-12-15-31-16-13-29;1-5(2,3)4;/h1-11,20H,12-19H2,(H,28,30);1H3,(H,2,3,4);1H4. The van der Waals surface area contributed by atoms with Crippen LogP contribution in [0.2, 0.25) is 0 Å². The van der Waals surface area contributed by atoms with E-state index in [9.17, 15) is 13.2 Å². The van der Waals surface area contributed by atoms with Crippen molar-refractivity contribution in [3.8, 4) is 16.9 Å². The van der Waals surface area contributed by atoms with Gasteiger partial charge in [-0.15, -0.1) is 0 Å². The van der Waals surface area contributed by atoms with Crippen molar-refractivity contribution in [1.29, 1.82) is 0 Å². The lowest BCUT2D eigenvalue weighted by molar-refractivity contribution is -0.120. The van der Waals surface area contributed by atoms with Crippen LogP contribution in [0.5, 0.6) is 5.75 Å². The summed E-state index contributed by atoms with van der Waals surface area (Å²) >= 11 is 0. The second kappa shape index (κ2) is 15.8. The second-order valence-corrected chi connectivity index (χ2v) is 10.0. The summed E-state index contributed by atoms with van der Waals surface area (Å²) in [5, 5.41) is 2.94. The van der Waals surface area contributed by atoms with Crippen molar-refractivity contribution in [2.24, 2.45) is 0 Å². The molecule has 0 radical (unpaired) electrons. The van der Waals surface area contributed by atoms with Gasteiger partial charge in [-0.05, 0) is 29.3 Å². The molecule has 2 aromatic carbocycles. The summed E-state index contributed by atoms with van der Waals surface area (Å²) in [6.45, 7) is 5.66. The van der Waals surface area contributed by atoms with Crippen LogP contribution in [0, 0.1) is 0 Å². The molecule has 2 heterocycles. The third-order valence-electron chi connectivity index (χ3n) is 5.47. The first-order valence-corrected chi connectivity index (χ1v) is 13.8. The molecule has 1 fully saturated rings. The molecule has 206 valence electrons. The van der Waals surface area contributed by atoms with Crippen LogP contribution in [0.4, 0.5) is 0 Å². The zero-order valence-electron chi connectivity index (χ0n) is 20.9. The molecular formula is C28H37N3O6S. The van der Waals surface area contributed by atoms with Gasteiger partial charge < -0.3 is 14.8 Å². The number of hydrogen-bond acceptors (Lipinski definition) is 7. The van der Waals surface area contributed by atoms with Gasteiger partial charge >= 0.3 is 0 Å². The summed E-state index contributed by atoms with van der Waals surface area (Å²) in [4.78, 5) is 19.0. The first-order valence-electron chi connectivity index (χ1n) is 12.0. The molecular weight excluding hydrogens is 506 g/mol. The Morgan fingerprint density at radius 2 is 1.66 bits per heavy atom. The summed E-state index contributed by atoms with van der Waals surface area (Å²) in [6.07, 6.45) is 2.80. The molecule has 0 aliphatic carbocycles. The summed E-state index contributed by atoms with van der Waals surface area (Å²) < 4.78 is 37.1. The van der Waals surface area contributed by atoms with Crippen LogP contribution in [0.25, 0.3) is 11.1 Å². The minimum atomic E-state index is -3.67. The highest BCUT2D eigenvalue weighted by Crippen LogP contribution is 2.22. The van der Waals surface area contributed by atoms with E-state index in [2.05, 4.69) is 15.2 Å². The lowest BCUT2D eigenvalue weighted by atomic mass is 10.1. The Kier molecular flexibility index (Phi) is 12.9. The average molecular weight is 544 g/mol. The van der Waals surface area contributed by atoms with Crippen molar-refractivity contribution in [1.82, 2.24) is 15.2 Å². The smallest absolute Gasteiger partial charge is 0.261 e. The predicted molar refractivity (Wildman–Crippen MR) is 149 cm³/mol. The SMILES string of the molecule is C.CS(=O)(=O)O.O=C(Cc1ccc(-c2ccc(OCCN3CCOCC3)cc2)cn1)NCc1ccccc1. The van der Waals surface area contributed by atoms with E-state index in [0.717, 1.165) is 61.0 Å². The molecule has 10 heteroatoms. The summed E-state index contributed by atoms with van der Waals surface area (Å²) in [7, 11) is -3.67. The van der Waals surface area contributed by atoms with E-state index in [-0.39, 0.29) is 19.8 Å². The number of aromatic nitrogens is 1. The Hall–Kier alpha value is -3.31. The Morgan fingerprint density at radius 3 is 2.26 bits per heavy atom. The van der Waals surface area contributed by atoms with E-state index < -0.39 is 10.1 Å². The Labute approximate surface area is 225 Å². The Morgan fingerprint density at radius 1 is 1.03 bits per heavy atom. The number of morpholine rings is 1.